The minimum absolute atomic E-state index is 0. The first kappa shape index (κ1) is 12.7. The largest absolute Gasteiger partial charge is 0.387 e. The lowest BCUT2D eigenvalue weighted by Crippen LogP contribution is -2.14. The Morgan fingerprint density at radius 3 is 2.43 bits per heavy atom. The van der Waals surface area contributed by atoms with Crippen LogP contribution in [-0.2, 0) is 0 Å². The van der Waals surface area contributed by atoms with Crippen molar-refractivity contribution >= 4 is 5.84 Å². The minimum Gasteiger partial charge on any atom is -0.387 e. The highest BCUT2D eigenvalue weighted by Crippen LogP contribution is 2.17. The second-order valence-corrected chi connectivity index (χ2v) is 3.23. The highest BCUT2D eigenvalue weighted by molar-refractivity contribution is 5.80. The van der Waals surface area contributed by atoms with Crippen molar-refractivity contribution in [2.75, 3.05) is 7.05 Å². The van der Waals surface area contributed by atoms with E-state index in [0.29, 0.717) is 5.92 Å². The van der Waals surface area contributed by atoms with Crippen LogP contribution in [0.4, 0.5) is 0 Å². The first-order valence-electron chi connectivity index (χ1n) is 4.50. The molecule has 0 aliphatic heterocycles. The van der Waals surface area contributed by atoms with E-state index >= 15 is 0 Å². The van der Waals surface area contributed by atoms with Crippen LogP contribution >= 0.6 is 0 Å². The maximum absolute atomic E-state index is 5.66. The molecular weight excluding hydrogens is 172 g/mol. The van der Waals surface area contributed by atoms with Crippen LogP contribution in [0, 0.1) is 0 Å². The molecule has 0 aliphatic rings. The van der Waals surface area contributed by atoms with Crippen molar-refractivity contribution in [3.8, 4) is 0 Å². The van der Waals surface area contributed by atoms with Gasteiger partial charge in [0.2, 0.25) is 0 Å². The van der Waals surface area contributed by atoms with Crippen LogP contribution in [0.1, 0.15) is 32.3 Å². The van der Waals surface area contributed by atoms with Crippen LogP contribution in [-0.4, -0.2) is 12.9 Å². The molecule has 0 saturated carbocycles. The molecule has 14 heavy (non-hydrogen) atoms. The van der Waals surface area contributed by atoms with Gasteiger partial charge in [0.05, 0.1) is 5.84 Å². The van der Waals surface area contributed by atoms with Gasteiger partial charge in [-0.15, -0.1) is 0 Å². The summed E-state index contributed by atoms with van der Waals surface area (Å²) < 4.78 is 0. The van der Waals surface area contributed by atoms with E-state index in [1.54, 1.807) is 7.05 Å². The topological polar surface area (TPSA) is 38.4 Å². The van der Waals surface area contributed by atoms with Crippen molar-refractivity contribution in [1.82, 2.24) is 0 Å². The maximum Gasteiger partial charge on any atom is 0.0939 e. The van der Waals surface area contributed by atoms with Gasteiger partial charge in [0.1, 0.15) is 0 Å². The molecule has 78 valence electrons. The summed E-state index contributed by atoms with van der Waals surface area (Å²) in [6.45, 7) is 2.16. The van der Waals surface area contributed by atoms with Gasteiger partial charge in [-0.25, -0.2) is 0 Å². The number of nitrogens with two attached hydrogens (primary N) is 1. The molecule has 0 aromatic heterocycles. The summed E-state index contributed by atoms with van der Waals surface area (Å²) in [4.78, 5) is 3.95. The van der Waals surface area contributed by atoms with Crippen LogP contribution in [0.15, 0.2) is 35.3 Å². The summed E-state index contributed by atoms with van der Waals surface area (Å²) in [5, 5.41) is 0. The summed E-state index contributed by atoms with van der Waals surface area (Å²) in [5.41, 5.74) is 6.98. The Hall–Kier alpha value is -1.31. The van der Waals surface area contributed by atoms with Gasteiger partial charge in [-0.05, 0) is 11.5 Å². The monoisotopic (exact) mass is 192 g/mol. The van der Waals surface area contributed by atoms with Gasteiger partial charge in [-0.1, -0.05) is 44.7 Å². The fourth-order valence-corrected chi connectivity index (χ4v) is 1.30. The zero-order valence-electron chi connectivity index (χ0n) is 8.20. The number of rotatable bonds is 3. The number of nitrogens with zero attached hydrogens (tertiary/aromatic N) is 1. The SMILES string of the molecule is C.CN=C(N)CC(C)c1ccccc1. The third kappa shape index (κ3) is 3.60. The first-order valence-corrected chi connectivity index (χ1v) is 4.50. The van der Waals surface area contributed by atoms with Crippen LogP contribution in [0.3, 0.4) is 0 Å². The van der Waals surface area contributed by atoms with Crippen molar-refractivity contribution in [2.24, 2.45) is 10.7 Å². The van der Waals surface area contributed by atoms with Crippen molar-refractivity contribution in [2.45, 2.75) is 26.7 Å². The second-order valence-electron chi connectivity index (χ2n) is 3.23. The summed E-state index contributed by atoms with van der Waals surface area (Å²) in [6.07, 6.45) is 0.834. The van der Waals surface area contributed by atoms with E-state index in [9.17, 15) is 0 Å². The van der Waals surface area contributed by atoms with Crippen LogP contribution in [0.5, 0.6) is 0 Å². The molecule has 1 atom stereocenters. The van der Waals surface area contributed by atoms with Gasteiger partial charge in [0.25, 0.3) is 0 Å². The standard InChI is InChI=1S/C11H16N2.CH4/c1-9(8-11(12)13-2)10-6-4-3-5-7-10;/h3-7,9H,8H2,1-2H3,(H2,12,13);1H4. The van der Waals surface area contributed by atoms with E-state index in [1.807, 2.05) is 18.2 Å². The Morgan fingerprint density at radius 2 is 1.93 bits per heavy atom. The van der Waals surface area contributed by atoms with E-state index in [-0.39, 0.29) is 7.43 Å². The van der Waals surface area contributed by atoms with Crippen molar-refractivity contribution in [3.05, 3.63) is 35.9 Å². The Labute approximate surface area is 86.9 Å². The van der Waals surface area contributed by atoms with Gasteiger partial charge in [-0.3, -0.25) is 4.99 Å². The highest BCUT2D eigenvalue weighted by Gasteiger charge is 2.05. The molecule has 0 saturated heterocycles. The molecule has 0 fully saturated rings. The molecule has 0 amide bonds. The van der Waals surface area contributed by atoms with E-state index in [2.05, 4.69) is 24.0 Å². The highest BCUT2D eigenvalue weighted by atomic mass is 14.8. The fourth-order valence-electron chi connectivity index (χ4n) is 1.30. The van der Waals surface area contributed by atoms with Crippen LogP contribution < -0.4 is 5.73 Å². The third-order valence-corrected chi connectivity index (χ3v) is 2.17. The predicted octanol–water partition coefficient (Wildman–Crippen LogP) is 2.80. The molecule has 1 rings (SSSR count). The van der Waals surface area contributed by atoms with Gasteiger partial charge < -0.3 is 5.73 Å². The Morgan fingerprint density at radius 1 is 1.36 bits per heavy atom. The molecule has 2 nitrogen and oxygen atoms in total. The van der Waals surface area contributed by atoms with Crippen molar-refractivity contribution in [1.29, 1.82) is 0 Å². The number of hydrogen-bond donors (Lipinski definition) is 1. The molecule has 1 aromatic carbocycles. The van der Waals surface area contributed by atoms with E-state index in [0.717, 1.165) is 12.3 Å². The summed E-state index contributed by atoms with van der Waals surface area (Å²) >= 11 is 0. The molecule has 0 heterocycles. The van der Waals surface area contributed by atoms with Gasteiger partial charge in [0, 0.05) is 13.5 Å². The first-order chi connectivity index (χ1) is 6.24. The van der Waals surface area contributed by atoms with Crippen LogP contribution in [0.2, 0.25) is 0 Å². The predicted molar refractivity (Wildman–Crippen MR) is 63.8 cm³/mol. The number of hydrogen-bond acceptors (Lipinski definition) is 1. The molecule has 0 radical (unpaired) electrons. The van der Waals surface area contributed by atoms with E-state index < -0.39 is 0 Å². The Balaban J connectivity index is 0.00000169. The maximum atomic E-state index is 5.66. The van der Waals surface area contributed by atoms with E-state index in [1.165, 1.54) is 5.56 Å². The molecular formula is C12H20N2. The molecule has 2 N–H and O–H groups in total. The smallest absolute Gasteiger partial charge is 0.0939 e. The lowest BCUT2D eigenvalue weighted by molar-refractivity contribution is 0.799. The average molecular weight is 192 g/mol. The molecule has 1 unspecified atom stereocenters. The van der Waals surface area contributed by atoms with Crippen molar-refractivity contribution in [3.63, 3.8) is 0 Å². The van der Waals surface area contributed by atoms with Gasteiger partial charge in [-0.2, -0.15) is 0 Å². The van der Waals surface area contributed by atoms with Gasteiger partial charge >= 0.3 is 0 Å². The molecule has 1 aromatic rings. The minimum atomic E-state index is 0. The van der Waals surface area contributed by atoms with Crippen LogP contribution in [0.25, 0.3) is 0 Å². The molecule has 0 aliphatic carbocycles. The van der Waals surface area contributed by atoms with Crippen molar-refractivity contribution < 1.29 is 0 Å². The second kappa shape index (κ2) is 6.19. The summed E-state index contributed by atoms with van der Waals surface area (Å²) in [5.74, 6) is 1.17. The number of aliphatic imine (C=N–C) groups is 1. The lowest BCUT2D eigenvalue weighted by Gasteiger charge is -2.10. The normalized spacial score (nSPS) is 13.1. The molecule has 2 heteroatoms. The quantitative estimate of drug-likeness (QED) is 0.580. The fraction of sp³-hybridized carbons (Fsp3) is 0.417. The van der Waals surface area contributed by atoms with Gasteiger partial charge in [0.15, 0.2) is 0 Å². The third-order valence-electron chi connectivity index (χ3n) is 2.17. The average Bonchev–Trinajstić information content (AvgIpc) is 2.19. The van der Waals surface area contributed by atoms with E-state index in [4.69, 9.17) is 5.73 Å². The zero-order chi connectivity index (χ0) is 9.68. The Kier molecular flexibility index (Phi) is 5.61. The molecule has 0 bridgehead atoms. The zero-order valence-corrected chi connectivity index (χ0v) is 8.20. The number of benzene rings is 1. The lowest BCUT2D eigenvalue weighted by atomic mass is 9.97. The summed E-state index contributed by atoms with van der Waals surface area (Å²) in [7, 11) is 1.73. The Bertz CT molecular complexity index is 278. The summed E-state index contributed by atoms with van der Waals surface area (Å²) in [6, 6.07) is 10.4. The number of amidine groups is 1. The molecule has 0 spiro atoms.